The fourth-order valence-electron chi connectivity index (χ4n) is 1.69. The fourth-order valence-corrected chi connectivity index (χ4v) is 1.69. The van der Waals surface area contributed by atoms with E-state index in [1.807, 2.05) is 25.8 Å². The molecule has 0 atom stereocenters. The third-order valence-electron chi connectivity index (χ3n) is 2.10. The number of nitrogens with zero attached hydrogens (tertiary/aromatic N) is 4. The van der Waals surface area contributed by atoms with E-state index in [4.69, 9.17) is 5.73 Å². The number of alkyl halides is 2. The van der Waals surface area contributed by atoms with Gasteiger partial charge in [0, 0.05) is 12.1 Å². The van der Waals surface area contributed by atoms with Gasteiger partial charge in [0.15, 0.2) is 0 Å². The predicted molar refractivity (Wildman–Crippen MR) is 60.6 cm³/mol. The highest BCUT2D eigenvalue weighted by atomic mass is 19.3. The van der Waals surface area contributed by atoms with E-state index in [2.05, 4.69) is 10.1 Å². The van der Waals surface area contributed by atoms with Crippen LogP contribution in [0.4, 0.5) is 8.78 Å². The summed E-state index contributed by atoms with van der Waals surface area (Å²) in [6.45, 7) is 4.50. The first-order valence-corrected chi connectivity index (χ1v) is 5.40. The molecule has 0 spiro atoms. The first kappa shape index (κ1) is 14.0. The molecule has 0 aliphatic rings. The van der Waals surface area contributed by atoms with Gasteiger partial charge in [-0.25, -0.2) is 18.4 Å². The summed E-state index contributed by atoms with van der Waals surface area (Å²) in [7, 11) is 1.87. The monoisotopic (exact) mass is 247 g/mol. The molecule has 2 N–H and O–H groups in total. The molecule has 0 aromatic carbocycles. The standard InChI is InChI=1S/C10H19F2N5/c1-10(2,13)6-16(3)5-9-14-7-15-17(9)4-8(11)12/h7-8H,4-6,13H2,1-3H3. The molecule has 5 nitrogen and oxygen atoms in total. The molecule has 1 aromatic rings. The van der Waals surface area contributed by atoms with Crippen LogP contribution in [0.15, 0.2) is 6.33 Å². The molecule has 7 heteroatoms. The lowest BCUT2D eigenvalue weighted by molar-refractivity contribution is 0.118. The molecule has 0 amide bonds. The molecule has 98 valence electrons. The highest BCUT2D eigenvalue weighted by Crippen LogP contribution is 2.06. The van der Waals surface area contributed by atoms with Gasteiger partial charge in [-0.05, 0) is 20.9 Å². The summed E-state index contributed by atoms with van der Waals surface area (Å²) in [5.41, 5.74) is 5.55. The Morgan fingerprint density at radius 2 is 2.18 bits per heavy atom. The van der Waals surface area contributed by atoms with Gasteiger partial charge < -0.3 is 5.73 Å². The topological polar surface area (TPSA) is 60.0 Å². The van der Waals surface area contributed by atoms with Gasteiger partial charge in [-0.15, -0.1) is 0 Å². The first-order chi connectivity index (χ1) is 7.78. The molecule has 0 radical (unpaired) electrons. The first-order valence-electron chi connectivity index (χ1n) is 5.40. The summed E-state index contributed by atoms with van der Waals surface area (Å²) in [5, 5.41) is 3.77. The second-order valence-electron chi connectivity index (χ2n) is 4.91. The van der Waals surface area contributed by atoms with E-state index in [1.54, 1.807) is 0 Å². The second kappa shape index (κ2) is 5.50. The van der Waals surface area contributed by atoms with Gasteiger partial charge in [0.1, 0.15) is 18.7 Å². The summed E-state index contributed by atoms with van der Waals surface area (Å²) in [5.74, 6) is 0.525. The highest BCUT2D eigenvalue weighted by molar-refractivity contribution is 4.86. The van der Waals surface area contributed by atoms with E-state index in [0.717, 1.165) is 0 Å². The average molecular weight is 247 g/mol. The van der Waals surface area contributed by atoms with Crippen molar-refractivity contribution in [3.8, 4) is 0 Å². The lowest BCUT2D eigenvalue weighted by Gasteiger charge is -2.26. The van der Waals surface area contributed by atoms with Crippen molar-refractivity contribution in [3.05, 3.63) is 12.2 Å². The number of hydrogen-bond donors (Lipinski definition) is 1. The average Bonchev–Trinajstić information content (AvgIpc) is 2.47. The molecule has 17 heavy (non-hydrogen) atoms. The van der Waals surface area contributed by atoms with E-state index < -0.39 is 13.0 Å². The molecule has 1 heterocycles. The van der Waals surface area contributed by atoms with Crippen LogP contribution in [-0.4, -0.2) is 45.2 Å². The maximum absolute atomic E-state index is 12.3. The zero-order chi connectivity index (χ0) is 13.1. The molecule has 1 rings (SSSR count). The van der Waals surface area contributed by atoms with Crippen molar-refractivity contribution >= 4 is 0 Å². The zero-order valence-corrected chi connectivity index (χ0v) is 10.4. The third-order valence-corrected chi connectivity index (χ3v) is 2.10. The van der Waals surface area contributed by atoms with Crippen LogP contribution in [-0.2, 0) is 13.1 Å². The Morgan fingerprint density at radius 3 is 2.71 bits per heavy atom. The molecule has 0 saturated heterocycles. The molecular weight excluding hydrogens is 228 g/mol. The Kier molecular flexibility index (Phi) is 4.53. The van der Waals surface area contributed by atoms with Crippen molar-refractivity contribution < 1.29 is 8.78 Å². The molecular formula is C10H19F2N5. The molecule has 0 aliphatic heterocycles. The van der Waals surface area contributed by atoms with Crippen LogP contribution in [0.2, 0.25) is 0 Å². The minimum Gasteiger partial charge on any atom is -0.324 e. The molecule has 0 aliphatic carbocycles. The van der Waals surface area contributed by atoms with Gasteiger partial charge in [-0.3, -0.25) is 4.90 Å². The maximum Gasteiger partial charge on any atom is 0.257 e. The molecule has 0 bridgehead atoms. The van der Waals surface area contributed by atoms with Gasteiger partial charge in [0.25, 0.3) is 6.43 Å². The fraction of sp³-hybridized carbons (Fsp3) is 0.800. The van der Waals surface area contributed by atoms with Crippen molar-refractivity contribution in [2.45, 2.75) is 38.9 Å². The van der Waals surface area contributed by atoms with Crippen LogP contribution in [0.1, 0.15) is 19.7 Å². The van der Waals surface area contributed by atoms with Gasteiger partial charge in [0.2, 0.25) is 0 Å². The normalized spacial score (nSPS) is 12.7. The minimum atomic E-state index is -2.42. The van der Waals surface area contributed by atoms with Crippen molar-refractivity contribution in [3.63, 3.8) is 0 Å². The maximum atomic E-state index is 12.3. The van der Waals surface area contributed by atoms with Gasteiger partial charge >= 0.3 is 0 Å². The van der Waals surface area contributed by atoms with Crippen LogP contribution in [0.3, 0.4) is 0 Å². The van der Waals surface area contributed by atoms with E-state index in [9.17, 15) is 8.78 Å². The highest BCUT2D eigenvalue weighted by Gasteiger charge is 2.17. The van der Waals surface area contributed by atoms with Crippen LogP contribution in [0, 0.1) is 0 Å². The lowest BCUT2D eigenvalue weighted by Crippen LogP contribution is -2.43. The van der Waals surface area contributed by atoms with Crippen molar-refractivity contribution in [1.29, 1.82) is 0 Å². The Labute approximate surface area is 99.6 Å². The van der Waals surface area contributed by atoms with E-state index in [-0.39, 0.29) is 5.54 Å². The van der Waals surface area contributed by atoms with E-state index in [1.165, 1.54) is 11.0 Å². The van der Waals surface area contributed by atoms with Crippen LogP contribution >= 0.6 is 0 Å². The van der Waals surface area contributed by atoms with Gasteiger partial charge in [0.05, 0.1) is 6.54 Å². The second-order valence-corrected chi connectivity index (χ2v) is 4.91. The third kappa shape index (κ3) is 5.18. The Balaban J connectivity index is 2.59. The largest absolute Gasteiger partial charge is 0.324 e. The number of aromatic nitrogens is 3. The summed E-state index contributed by atoms with van der Waals surface area (Å²) in [6.07, 6.45) is -1.13. The van der Waals surface area contributed by atoms with Crippen molar-refractivity contribution in [1.82, 2.24) is 19.7 Å². The Hall–Kier alpha value is -1.08. The van der Waals surface area contributed by atoms with Crippen LogP contribution < -0.4 is 5.73 Å². The number of likely N-dealkylation sites (N-methyl/N-ethyl adjacent to an activating group) is 1. The summed E-state index contributed by atoms with van der Waals surface area (Å²) in [6, 6.07) is 0. The molecule has 0 unspecified atom stereocenters. The number of hydrogen-bond acceptors (Lipinski definition) is 4. The molecule has 1 aromatic heterocycles. The molecule has 0 saturated carbocycles. The number of rotatable bonds is 6. The Bertz CT molecular complexity index is 345. The summed E-state index contributed by atoms with van der Waals surface area (Å²) < 4.78 is 25.8. The number of halogens is 2. The van der Waals surface area contributed by atoms with Gasteiger partial charge in [-0.1, -0.05) is 0 Å². The van der Waals surface area contributed by atoms with Crippen molar-refractivity contribution in [2.24, 2.45) is 5.73 Å². The smallest absolute Gasteiger partial charge is 0.257 e. The zero-order valence-electron chi connectivity index (χ0n) is 10.4. The summed E-state index contributed by atoms with van der Waals surface area (Å²) in [4.78, 5) is 5.91. The SMILES string of the molecule is CN(Cc1ncnn1CC(F)F)CC(C)(C)N. The predicted octanol–water partition coefficient (Wildman–Crippen LogP) is 0.712. The lowest BCUT2D eigenvalue weighted by atomic mass is 10.1. The van der Waals surface area contributed by atoms with Gasteiger partial charge in [-0.2, -0.15) is 5.10 Å². The minimum absolute atomic E-state index is 0.331. The van der Waals surface area contributed by atoms with E-state index in [0.29, 0.717) is 18.9 Å². The molecule has 0 fully saturated rings. The Morgan fingerprint density at radius 1 is 1.53 bits per heavy atom. The van der Waals surface area contributed by atoms with Crippen molar-refractivity contribution in [2.75, 3.05) is 13.6 Å². The van der Waals surface area contributed by atoms with Crippen LogP contribution in [0.25, 0.3) is 0 Å². The number of nitrogens with two attached hydrogens (primary N) is 1. The van der Waals surface area contributed by atoms with E-state index >= 15 is 0 Å². The van der Waals surface area contributed by atoms with Crippen LogP contribution in [0.5, 0.6) is 0 Å². The quantitative estimate of drug-likeness (QED) is 0.804. The summed E-state index contributed by atoms with van der Waals surface area (Å²) >= 11 is 0.